The number of aryl methyl sites for hydroxylation is 1. The minimum Gasteiger partial charge on any atom is -0.268 e. The molecule has 5 aromatic rings. The summed E-state index contributed by atoms with van der Waals surface area (Å²) in [7, 11) is 0. The molecule has 0 saturated heterocycles. The highest BCUT2D eigenvalue weighted by molar-refractivity contribution is 7.99. The standard InChI is InChI=1S/C25H20N4OS/c1-18-13-15-20(16-14-18)28-23(30)21-11-5-6-12-22(21)29-24(28)26-27-25(29)31-17-7-10-19-8-3-2-4-9-19/h2-16H,17H2,1H3/b10-7+. The van der Waals surface area contributed by atoms with Crippen LogP contribution in [0.4, 0.5) is 0 Å². The Kier molecular flexibility index (Phi) is 5.14. The second kappa shape index (κ2) is 8.24. The molecular weight excluding hydrogens is 404 g/mol. The zero-order valence-corrected chi connectivity index (χ0v) is 17.8. The molecule has 0 atom stereocenters. The van der Waals surface area contributed by atoms with E-state index in [1.165, 1.54) is 0 Å². The lowest BCUT2D eigenvalue weighted by atomic mass is 10.2. The van der Waals surface area contributed by atoms with Gasteiger partial charge in [-0.05, 0) is 36.8 Å². The summed E-state index contributed by atoms with van der Waals surface area (Å²) in [5.74, 6) is 1.26. The van der Waals surface area contributed by atoms with Crippen molar-refractivity contribution in [1.29, 1.82) is 0 Å². The first-order valence-electron chi connectivity index (χ1n) is 10.0. The molecule has 0 unspecified atom stereocenters. The molecule has 3 aromatic carbocycles. The molecule has 0 aliphatic rings. The summed E-state index contributed by atoms with van der Waals surface area (Å²) in [5, 5.41) is 10.2. The molecule has 152 valence electrons. The van der Waals surface area contributed by atoms with Crippen molar-refractivity contribution in [3.8, 4) is 5.69 Å². The molecule has 0 aliphatic carbocycles. The Labute approximate surface area is 183 Å². The molecule has 0 spiro atoms. The molecule has 6 heteroatoms. The largest absolute Gasteiger partial charge is 0.268 e. The number of hydrogen-bond acceptors (Lipinski definition) is 4. The quantitative estimate of drug-likeness (QED) is 0.366. The summed E-state index contributed by atoms with van der Waals surface area (Å²) in [5.41, 5.74) is 3.79. The van der Waals surface area contributed by atoms with E-state index in [0.717, 1.165) is 33.2 Å². The Balaban J connectivity index is 1.60. The van der Waals surface area contributed by atoms with Crippen LogP contribution in [0.1, 0.15) is 11.1 Å². The molecule has 0 amide bonds. The molecular formula is C25H20N4OS. The van der Waals surface area contributed by atoms with Crippen LogP contribution in [-0.4, -0.2) is 24.9 Å². The molecule has 5 nitrogen and oxygen atoms in total. The van der Waals surface area contributed by atoms with Crippen molar-refractivity contribution < 1.29 is 0 Å². The molecule has 2 aromatic heterocycles. The Morgan fingerprint density at radius 3 is 2.45 bits per heavy atom. The van der Waals surface area contributed by atoms with Gasteiger partial charge in [-0.15, -0.1) is 10.2 Å². The summed E-state index contributed by atoms with van der Waals surface area (Å²) in [6.07, 6.45) is 4.20. The second-order valence-corrected chi connectivity index (χ2v) is 8.22. The number of fused-ring (bicyclic) bond motifs is 3. The average molecular weight is 425 g/mol. The SMILES string of the molecule is Cc1ccc(-n2c(=O)c3ccccc3n3c(SC/C=C/c4ccccc4)nnc23)cc1. The predicted molar refractivity (Wildman–Crippen MR) is 127 cm³/mol. The lowest BCUT2D eigenvalue weighted by Gasteiger charge is -2.11. The fraction of sp³-hybridized carbons (Fsp3) is 0.0800. The Hall–Kier alpha value is -3.64. The van der Waals surface area contributed by atoms with Crippen molar-refractivity contribution in [2.45, 2.75) is 12.1 Å². The van der Waals surface area contributed by atoms with Gasteiger partial charge < -0.3 is 0 Å². The van der Waals surface area contributed by atoms with Crippen molar-refractivity contribution in [2.24, 2.45) is 0 Å². The molecule has 0 N–H and O–H groups in total. The number of rotatable bonds is 5. The van der Waals surface area contributed by atoms with Gasteiger partial charge in [0.1, 0.15) is 0 Å². The van der Waals surface area contributed by atoms with E-state index < -0.39 is 0 Å². The first kappa shape index (κ1) is 19.3. The van der Waals surface area contributed by atoms with Gasteiger partial charge in [-0.25, -0.2) is 4.57 Å². The van der Waals surface area contributed by atoms with Gasteiger partial charge in [-0.1, -0.05) is 84.1 Å². The van der Waals surface area contributed by atoms with E-state index in [1.807, 2.05) is 78.1 Å². The van der Waals surface area contributed by atoms with Crippen LogP contribution in [0.3, 0.4) is 0 Å². The monoisotopic (exact) mass is 424 g/mol. The van der Waals surface area contributed by atoms with Gasteiger partial charge in [0.05, 0.1) is 16.6 Å². The van der Waals surface area contributed by atoms with E-state index in [1.54, 1.807) is 16.3 Å². The number of aromatic nitrogens is 4. The molecule has 0 aliphatic heterocycles. The number of para-hydroxylation sites is 1. The number of hydrogen-bond donors (Lipinski definition) is 0. The molecule has 0 saturated carbocycles. The van der Waals surface area contributed by atoms with Crippen LogP contribution in [0.5, 0.6) is 0 Å². The normalized spacial score (nSPS) is 11.6. The summed E-state index contributed by atoms with van der Waals surface area (Å²) in [4.78, 5) is 13.3. The van der Waals surface area contributed by atoms with Crippen LogP contribution in [-0.2, 0) is 0 Å². The highest BCUT2D eigenvalue weighted by atomic mass is 32.2. The summed E-state index contributed by atoms with van der Waals surface area (Å²) < 4.78 is 3.61. The molecule has 0 fully saturated rings. The van der Waals surface area contributed by atoms with Crippen molar-refractivity contribution in [1.82, 2.24) is 19.2 Å². The Morgan fingerprint density at radius 1 is 0.903 bits per heavy atom. The zero-order chi connectivity index (χ0) is 21.2. The minimum absolute atomic E-state index is 0.0973. The van der Waals surface area contributed by atoms with E-state index in [-0.39, 0.29) is 5.56 Å². The van der Waals surface area contributed by atoms with E-state index >= 15 is 0 Å². The molecule has 2 heterocycles. The highest BCUT2D eigenvalue weighted by Gasteiger charge is 2.17. The fourth-order valence-corrected chi connectivity index (χ4v) is 4.32. The zero-order valence-electron chi connectivity index (χ0n) is 17.0. The van der Waals surface area contributed by atoms with Gasteiger partial charge in [-0.3, -0.25) is 9.20 Å². The van der Waals surface area contributed by atoms with Crippen LogP contribution >= 0.6 is 11.8 Å². The maximum atomic E-state index is 13.3. The summed E-state index contributed by atoms with van der Waals surface area (Å²) in [6.45, 7) is 2.03. The van der Waals surface area contributed by atoms with Crippen LogP contribution in [0.15, 0.2) is 94.9 Å². The molecule has 5 rings (SSSR count). The van der Waals surface area contributed by atoms with E-state index in [0.29, 0.717) is 11.2 Å². The van der Waals surface area contributed by atoms with Gasteiger partial charge in [0, 0.05) is 5.75 Å². The number of thioether (sulfide) groups is 1. The molecule has 31 heavy (non-hydrogen) atoms. The Morgan fingerprint density at radius 2 is 1.65 bits per heavy atom. The van der Waals surface area contributed by atoms with Crippen LogP contribution in [0.25, 0.3) is 28.4 Å². The first-order chi connectivity index (χ1) is 15.2. The Bertz CT molecular complexity index is 1450. The lowest BCUT2D eigenvalue weighted by Crippen LogP contribution is -2.21. The van der Waals surface area contributed by atoms with Gasteiger partial charge >= 0.3 is 0 Å². The third kappa shape index (κ3) is 3.66. The van der Waals surface area contributed by atoms with E-state index in [4.69, 9.17) is 0 Å². The maximum absolute atomic E-state index is 13.3. The lowest BCUT2D eigenvalue weighted by molar-refractivity contribution is 0.932. The number of nitrogens with zero attached hydrogens (tertiary/aromatic N) is 4. The summed E-state index contributed by atoms with van der Waals surface area (Å²) >= 11 is 1.59. The first-order valence-corrected chi connectivity index (χ1v) is 11.0. The van der Waals surface area contributed by atoms with Gasteiger partial charge in [-0.2, -0.15) is 0 Å². The molecule has 0 radical (unpaired) electrons. The van der Waals surface area contributed by atoms with Crippen molar-refractivity contribution >= 4 is 34.5 Å². The third-order valence-corrected chi connectivity index (χ3v) is 5.99. The summed E-state index contributed by atoms with van der Waals surface area (Å²) in [6, 6.07) is 25.7. The van der Waals surface area contributed by atoms with Gasteiger partial charge in [0.15, 0.2) is 5.16 Å². The van der Waals surface area contributed by atoms with Gasteiger partial charge in [0.25, 0.3) is 5.56 Å². The van der Waals surface area contributed by atoms with Gasteiger partial charge in [0.2, 0.25) is 5.78 Å². The van der Waals surface area contributed by atoms with Crippen molar-refractivity contribution in [3.05, 3.63) is 106 Å². The third-order valence-electron chi connectivity index (χ3n) is 5.11. The minimum atomic E-state index is -0.0973. The topological polar surface area (TPSA) is 52.2 Å². The average Bonchev–Trinajstić information content (AvgIpc) is 3.22. The number of benzene rings is 3. The fourth-order valence-electron chi connectivity index (χ4n) is 3.57. The van der Waals surface area contributed by atoms with Crippen molar-refractivity contribution in [3.63, 3.8) is 0 Å². The maximum Gasteiger partial charge on any atom is 0.267 e. The predicted octanol–water partition coefficient (Wildman–Crippen LogP) is 5.15. The molecule has 0 bridgehead atoms. The van der Waals surface area contributed by atoms with Crippen molar-refractivity contribution in [2.75, 3.05) is 5.75 Å². The second-order valence-electron chi connectivity index (χ2n) is 7.24. The van der Waals surface area contributed by atoms with E-state index in [2.05, 4.69) is 34.5 Å². The van der Waals surface area contributed by atoms with E-state index in [9.17, 15) is 4.79 Å². The van der Waals surface area contributed by atoms with Crippen LogP contribution < -0.4 is 5.56 Å². The van der Waals surface area contributed by atoms with Crippen LogP contribution in [0, 0.1) is 6.92 Å². The smallest absolute Gasteiger partial charge is 0.267 e. The highest BCUT2D eigenvalue weighted by Crippen LogP contribution is 2.23. The van der Waals surface area contributed by atoms with Crippen LogP contribution in [0.2, 0.25) is 0 Å².